The quantitative estimate of drug-likeness (QED) is 0.805. The van der Waals surface area contributed by atoms with Crippen molar-refractivity contribution in [3.63, 3.8) is 0 Å². The minimum atomic E-state index is -0.982. The number of hydrogen-bond donors (Lipinski definition) is 1. The van der Waals surface area contributed by atoms with Gasteiger partial charge in [-0.15, -0.1) is 5.10 Å². The zero-order chi connectivity index (χ0) is 16.4. The molecular formula is C16H13F3N4. The van der Waals surface area contributed by atoms with E-state index in [0.717, 1.165) is 12.1 Å². The predicted molar refractivity (Wildman–Crippen MR) is 78.8 cm³/mol. The van der Waals surface area contributed by atoms with Crippen LogP contribution in [0.25, 0.3) is 11.3 Å². The Bertz CT molecular complexity index is 845. The lowest BCUT2D eigenvalue weighted by Crippen LogP contribution is -2.07. The molecule has 0 amide bonds. The van der Waals surface area contributed by atoms with E-state index in [-0.39, 0.29) is 18.9 Å². The largest absolute Gasteiger partial charge is 0.325 e. The molecular weight excluding hydrogens is 305 g/mol. The minimum Gasteiger partial charge on any atom is -0.325 e. The van der Waals surface area contributed by atoms with Crippen molar-refractivity contribution in [2.75, 3.05) is 0 Å². The number of nitrogens with two attached hydrogens (primary N) is 1. The molecule has 1 heterocycles. The van der Waals surface area contributed by atoms with Gasteiger partial charge in [0, 0.05) is 17.7 Å². The first kappa shape index (κ1) is 15.2. The Morgan fingerprint density at radius 2 is 1.74 bits per heavy atom. The molecule has 0 aliphatic heterocycles. The third kappa shape index (κ3) is 2.95. The van der Waals surface area contributed by atoms with Crippen LogP contribution < -0.4 is 5.73 Å². The van der Waals surface area contributed by atoms with Crippen LogP contribution in [0.1, 0.15) is 11.3 Å². The molecule has 0 bridgehead atoms. The summed E-state index contributed by atoms with van der Waals surface area (Å²) in [4.78, 5) is 0. The molecule has 4 nitrogen and oxygen atoms in total. The van der Waals surface area contributed by atoms with Gasteiger partial charge in [0.15, 0.2) is 11.6 Å². The summed E-state index contributed by atoms with van der Waals surface area (Å²) in [6, 6.07) is 9.73. The highest BCUT2D eigenvalue weighted by Gasteiger charge is 2.17. The lowest BCUT2D eigenvalue weighted by molar-refractivity contribution is 0.509. The van der Waals surface area contributed by atoms with Gasteiger partial charge in [-0.2, -0.15) is 0 Å². The van der Waals surface area contributed by atoms with Crippen LogP contribution in [-0.2, 0) is 13.1 Å². The van der Waals surface area contributed by atoms with Crippen molar-refractivity contribution < 1.29 is 13.2 Å². The van der Waals surface area contributed by atoms with E-state index in [1.165, 1.54) is 16.8 Å². The van der Waals surface area contributed by atoms with Crippen molar-refractivity contribution in [1.29, 1.82) is 0 Å². The number of halogens is 3. The summed E-state index contributed by atoms with van der Waals surface area (Å²) in [5, 5.41) is 7.89. The van der Waals surface area contributed by atoms with E-state index >= 15 is 0 Å². The van der Waals surface area contributed by atoms with Crippen molar-refractivity contribution in [1.82, 2.24) is 15.0 Å². The number of rotatable bonds is 4. The molecule has 23 heavy (non-hydrogen) atoms. The van der Waals surface area contributed by atoms with Crippen molar-refractivity contribution in [3.8, 4) is 11.3 Å². The number of hydrogen-bond acceptors (Lipinski definition) is 3. The molecule has 7 heteroatoms. The first-order valence-electron chi connectivity index (χ1n) is 6.91. The Balaban J connectivity index is 2.07. The highest BCUT2D eigenvalue weighted by atomic mass is 19.2. The molecule has 0 saturated carbocycles. The van der Waals surface area contributed by atoms with Gasteiger partial charge < -0.3 is 5.73 Å². The fraction of sp³-hybridized carbons (Fsp3) is 0.125. The Labute approximate surface area is 130 Å². The van der Waals surface area contributed by atoms with Crippen LogP contribution in [0.15, 0.2) is 42.5 Å². The summed E-state index contributed by atoms with van der Waals surface area (Å²) in [7, 11) is 0. The summed E-state index contributed by atoms with van der Waals surface area (Å²) < 4.78 is 41.9. The standard InChI is InChI=1S/C16H13F3N4/c17-12-4-2-1-3-11(12)9-23-16(15(8-20)21-22-23)10-5-6-13(18)14(19)7-10/h1-7H,8-9,20H2. The summed E-state index contributed by atoms with van der Waals surface area (Å²) in [6.45, 7) is 0.180. The Morgan fingerprint density at radius 1 is 0.957 bits per heavy atom. The van der Waals surface area contributed by atoms with Crippen molar-refractivity contribution >= 4 is 0 Å². The molecule has 0 radical (unpaired) electrons. The van der Waals surface area contributed by atoms with E-state index in [1.807, 2.05) is 0 Å². The monoisotopic (exact) mass is 318 g/mol. The molecule has 0 saturated heterocycles. The maximum Gasteiger partial charge on any atom is 0.159 e. The maximum absolute atomic E-state index is 13.8. The van der Waals surface area contributed by atoms with Crippen LogP contribution in [0, 0.1) is 17.5 Å². The second kappa shape index (κ2) is 6.21. The zero-order valence-electron chi connectivity index (χ0n) is 12.0. The van der Waals surface area contributed by atoms with Gasteiger partial charge in [-0.05, 0) is 24.3 Å². The Kier molecular flexibility index (Phi) is 4.12. The summed E-state index contributed by atoms with van der Waals surface area (Å²) in [5.41, 5.74) is 7.29. The fourth-order valence-electron chi connectivity index (χ4n) is 2.34. The van der Waals surface area contributed by atoms with E-state index in [0.29, 0.717) is 22.5 Å². The van der Waals surface area contributed by atoms with Crippen LogP contribution in [0.4, 0.5) is 13.2 Å². The number of benzene rings is 2. The minimum absolute atomic E-state index is 0.0750. The van der Waals surface area contributed by atoms with Crippen molar-refractivity contribution in [2.24, 2.45) is 5.73 Å². The molecule has 0 spiro atoms. The first-order valence-corrected chi connectivity index (χ1v) is 6.91. The summed E-state index contributed by atoms with van der Waals surface area (Å²) in [6.07, 6.45) is 0. The second-order valence-electron chi connectivity index (χ2n) is 4.97. The molecule has 0 fully saturated rings. The van der Waals surface area contributed by atoms with Gasteiger partial charge in [0.1, 0.15) is 11.5 Å². The maximum atomic E-state index is 13.8. The molecule has 2 aromatic carbocycles. The number of nitrogens with zero attached hydrogens (tertiary/aromatic N) is 3. The van der Waals surface area contributed by atoms with Gasteiger partial charge in [-0.25, -0.2) is 17.9 Å². The molecule has 118 valence electrons. The third-order valence-electron chi connectivity index (χ3n) is 3.47. The van der Waals surface area contributed by atoms with Gasteiger partial charge >= 0.3 is 0 Å². The predicted octanol–water partition coefficient (Wildman–Crippen LogP) is 2.87. The molecule has 0 unspecified atom stereocenters. The fourth-order valence-corrected chi connectivity index (χ4v) is 2.34. The van der Waals surface area contributed by atoms with Gasteiger partial charge in [-0.3, -0.25) is 0 Å². The van der Waals surface area contributed by atoms with E-state index in [2.05, 4.69) is 10.3 Å². The van der Waals surface area contributed by atoms with E-state index in [4.69, 9.17) is 5.73 Å². The Morgan fingerprint density at radius 3 is 2.43 bits per heavy atom. The van der Waals surface area contributed by atoms with E-state index in [1.54, 1.807) is 18.2 Å². The molecule has 3 aromatic rings. The van der Waals surface area contributed by atoms with Gasteiger partial charge in [-0.1, -0.05) is 23.4 Å². The molecule has 0 aliphatic carbocycles. The highest BCUT2D eigenvalue weighted by Crippen LogP contribution is 2.25. The average Bonchev–Trinajstić information content (AvgIpc) is 2.95. The summed E-state index contributed by atoms with van der Waals surface area (Å²) in [5.74, 6) is -2.31. The lowest BCUT2D eigenvalue weighted by Gasteiger charge is -2.09. The first-order chi connectivity index (χ1) is 11.1. The van der Waals surface area contributed by atoms with Crippen LogP contribution in [0.2, 0.25) is 0 Å². The topological polar surface area (TPSA) is 56.7 Å². The second-order valence-corrected chi connectivity index (χ2v) is 4.97. The summed E-state index contributed by atoms with van der Waals surface area (Å²) >= 11 is 0. The van der Waals surface area contributed by atoms with Crippen LogP contribution in [-0.4, -0.2) is 15.0 Å². The normalized spacial score (nSPS) is 11.0. The third-order valence-corrected chi connectivity index (χ3v) is 3.47. The van der Waals surface area contributed by atoms with Gasteiger partial charge in [0.05, 0.1) is 12.2 Å². The SMILES string of the molecule is NCc1nnn(Cc2ccccc2F)c1-c1ccc(F)c(F)c1. The van der Waals surface area contributed by atoms with Crippen molar-refractivity contribution in [2.45, 2.75) is 13.1 Å². The molecule has 3 rings (SSSR count). The van der Waals surface area contributed by atoms with Crippen LogP contribution >= 0.6 is 0 Å². The zero-order valence-corrected chi connectivity index (χ0v) is 12.0. The highest BCUT2D eigenvalue weighted by molar-refractivity contribution is 5.62. The van der Waals surface area contributed by atoms with Gasteiger partial charge in [0.25, 0.3) is 0 Å². The van der Waals surface area contributed by atoms with Crippen LogP contribution in [0.5, 0.6) is 0 Å². The molecule has 2 N–H and O–H groups in total. The molecule has 0 aliphatic rings. The average molecular weight is 318 g/mol. The number of aromatic nitrogens is 3. The van der Waals surface area contributed by atoms with Crippen LogP contribution in [0.3, 0.4) is 0 Å². The lowest BCUT2D eigenvalue weighted by atomic mass is 10.1. The van der Waals surface area contributed by atoms with E-state index in [9.17, 15) is 13.2 Å². The van der Waals surface area contributed by atoms with E-state index < -0.39 is 11.6 Å². The Hall–Kier alpha value is -2.67. The molecule has 1 aromatic heterocycles. The van der Waals surface area contributed by atoms with Gasteiger partial charge in [0.2, 0.25) is 0 Å². The smallest absolute Gasteiger partial charge is 0.159 e. The molecule has 0 atom stereocenters. The van der Waals surface area contributed by atoms with Crippen molar-refractivity contribution in [3.05, 3.63) is 71.2 Å².